The number of rotatable bonds is 2. The van der Waals surface area contributed by atoms with Crippen LogP contribution >= 0.6 is 0 Å². The Morgan fingerprint density at radius 1 is 1.11 bits per heavy atom. The lowest BCUT2D eigenvalue weighted by Crippen LogP contribution is -2.68. The standard InChI is InChI=1S/C30H39NO6/c1-17-15-29-19(3)13-18(2)27(4,5)22(23(29)32)14-20-16-35-28(6,7)37-25(20)30(29,34)24(17)36-26(33)31-21-11-9-8-10-12-21/h8-12,14-15,18-19,22,24-25,34H,13,16H2,1-7H3,(H,31,33)/t18-,19?,22+,24-,25+,29?,30+/m0/s1. The van der Waals surface area contributed by atoms with Gasteiger partial charge in [0.05, 0.1) is 12.0 Å². The third kappa shape index (κ3) is 3.73. The monoisotopic (exact) mass is 509 g/mol. The lowest BCUT2D eigenvalue weighted by molar-refractivity contribution is -0.302. The van der Waals surface area contributed by atoms with Crippen molar-refractivity contribution in [2.75, 3.05) is 11.9 Å². The van der Waals surface area contributed by atoms with Crippen LogP contribution in [0.4, 0.5) is 10.5 Å². The molecule has 200 valence electrons. The molecule has 37 heavy (non-hydrogen) atoms. The highest BCUT2D eigenvalue weighted by Crippen LogP contribution is 2.63. The fourth-order valence-corrected chi connectivity index (χ4v) is 7.14. The molecule has 2 fully saturated rings. The van der Waals surface area contributed by atoms with E-state index < -0.39 is 41.0 Å². The third-order valence-electron chi connectivity index (χ3n) is 9.53. The summed E-state index contributed by atoms with van der Waals surface area (Å²) >= 11 is 0. The molecule has 2 unspecified atom stereocenters. The molecule has 2 bridgehead atoms. The van der Waals surface area contributed by atoms with E-state index in [4.69, 9.17) is 14.2 Å². The number of carbonyl (C=O) groups is 2. The molecule has 1 saturated carbocycles. The number of para-hydroxylation sites is 1. The second-order valence-electron chi connectivity index (χ2n) is 12.5. The number of allylic oxidation sites excluding steroid dienone is 1. The quantitative estimate of drug-likeness (QED) is 0.528. The summed E-state index contributed by atoms with van der Waals surface area (Å²) in [6.45, 7) is 14.1. The number of ketones is 1. The van der Waals surface area contributed by atoms with E-state index in [0.29, 0.717) is 11.3 Å². The van der Waals surface area contributed by atoms with Crippen LogP contribution in [0, 0.1) is 28.6 Å². The number of hydrogen-bond acceptors (Lipinski definition) is 6. The van der Waals surface area contributed by atoms with E-state index in [2.05, 4.69) is 26.1 Å². The summed E-state index contributed by atoms with van der Waals surface area (Å²) in [7, 11) is 0. The van der Waals surface area contributed by atoms with E-state index in [1.54, 1.807) is 26.0 Å². The van der Waals surface area contributed by atoms with Gasteiger partial charge in [0, 0.05) is 11.6 Å². The van der Waals surface area contributed by atoms with Gasteiger partial charge in [-0.25, -0.2) is 4.79 Å². The van der Waals surface area contributed by atoms with Gasteiger partial charge >= 0.3 is 6.09 Å². The molecule has 1 spiro atoms. The molecule has 5 rings (SSSR count). The Hall–Kier alpha value is -2.48. The zero-order valence-corrected chi connectivity index (χ0v) is 22.8. The van der Waals surface area contributed by atoms with E-state index in [9.17, 15) is 14.7 Å². The number of ether oxygens (including phenoxy) is 3. The first-order chi connectivity index (χ1) is 17.2. The molecule has 4 aliphatic rings. The zero-order valence-electron chi connectivity index (χ0n) is 22.8. The number of aliphatic hydroxyl groups is 1. The summed E-state index contributed by atoms with van der Waals surface area (Å²) in [5.74, 6) is -1.49. The Bertz CT molecular complexity index is 1170. The second kappa shape index (κ2) is 8.52. The third-order valence-corrected chi connectivity index (χ3v) is 9.53. The minimum atomic E-state index is -1.84. The van der Waals surface area contributed by atoms with Crippen LogP contribution in [-0.4, -0.2) is 47.2 Å². The topological polar surface area (TPSA) is 94.1 Å². The van der Waals surface area contributed by atoms with Crippen LogP contribution in [0.5, 0.6) is 0 Å². The van der Waals surface area contributed by atoms with Crippen molar-refractivity contribution in [1.29, 1.82) is 0 Å². The van der Waals surface area contributed by atoms with E-state index >= 15 is 0 Å². The van der Waals surface area contributed by atoms with Crippen molar-refractivity contribution in [2.45, 2.75) is 78.5 Å². The van der Waals surface area contributed by atoms with Gasteiger partial charge in [-0.2, -0.15) is 0 Å². The Labute approximate surface area is 219 Å². The van der Waals surface area contributed by atoms with Crippen molar-refractivity contribution < 1.29 is 28.9 Å². The van der Waals surface area contributed by atoms with Crippen LogP contribution in [-0.2, 0) is 19.0 Å². The number of fused-ring (bicyclic) bond motifs is 3. The average Bonchev–Trinajstić information content (AvgIpc) is 2.98. The minimum absolute atomic E-state index is 0.0472. The van der Waals surface area contributed by atoms with Crippen LogP contribution in [0.1, 0.15) is 54.9 Å². The van der Waals surface area contributed by atoms with Crippen molar-refractivity contribution in [3.8, 4) is 0 Å². The van der Waals surface area contributed by atoms with Crippen molar-refractivity contribution in [3.05, 3.63) is 53.6 Å². The lowest BCUT2D eigenvalue weighted by atomic mass is 9.59. The van der Waals surface area contributed by atoms with Crippen LogP contribution < -0.4 is 5.32 Å². The van der Waals surface area contributed by atoms with Gasteiger partial charge < -0.3 is 19.3 Å². The van der Waals surface area contributed by atoms with Crippen molar-refractivity contribution in [3.63, 3.8) is 0 Å². The van der Waals surface area contributed by atoms with Crippen molar-refractivity contribution in [2.24, 2.45) is 28.6 Å². The van der Waals surface area contributed by atoms with Crippen molar-refractivity contribution >= 4 is 17.6 Å². The van der Waals surface area contributed by atoms with Gasteiger partial charge in [0.25, 0.3) is 0 Å². The number of hydrogen-bond donors (Lipinski definition) is 2. The molecule has 2 N–H and O–H groups in total. The summed E-state index contributed by atoms with van der Waals surface area (Å²) in [6, 6.07) is 9.00. The van der Waals surface area contributed by atoms with E-state index in [-0.39, 0.29) is 29.6 Å². The predicted molar refractivity (Wildman–Crippen MR) is 140 cm³/mol. The van der Waals surface area contributed by atoms with Crippen molar-refractivity contribution in [1.82, 2.24) is 0 Å². The highest BCUT2D eigenvalue weighted by Gasteiger charge is 2.74. The average molecular weight is 510 g/mol. The SMILES string of the molecule is CC1=CC23C(=O)[C@@H](C=C4COC(C)(C)O[C@H]4[C@]2(O)[C@H]1OC(=O)Nc1ccccc1)C(C)(C)[C@@H](C)CC3C. The summed E-state index contributed by atoms with van der Waals surface area (Å²) < 4.78 is 18.4. The lowest BCUT2D eigenvalue weighted by Gasteiger charge is -2.52. The van der Waals surface area contributed by atoms with Gasteiger partial charge in [-0.05, 0) is 67.7 Å². The van der Waals surface area contributed by atoms with Crippen LogP contribution in [0.3, 0.4) is 0 Å². The molecule has 1 aromatic rings. The maximum Gasteiger partial charge on any atom is 0.412 e. The first-order valence-corrected chi connectivity index (χ1v) is 13.2. The molecular weight excluding hydrogens is 470 g/mol. The molecule has 1 heterocycles. The molecule has 1 aliphatic heterocycles. The molecule has 1 aromatic carbocycles. The first kappa shape index (κ1) is 26.1. The van der Waals surface area contributed by atoms with Gasteiger partial charge in [-0.3, -0.25) is 10.1 Å². The summed E-state index contributed by atoms with van der Waals surface area (Å²) in [5.41, 5.74) is -1.55. The fourth-order valence-electron chi connectivity index (χ4n) is 7.14. The Morgan fingerprint density at radius 3 is 2.46 bits per heavy atom. The summed E-state index contributed by atoms with van der Waals surface area (Å²) in [6.07, 6.45) is 1.92. The Balaban J connectivity index is 1.66. The van der Waals surface area contributed by atoms with Crippen LogP contribution in [0.25, 0.3) is 0 Å². The Kier molecular flexibility index (Phi) is 6.02. The van der Waals surface area contributed by atoms with Gasteiger partial charge in [0.15, 0.2) is 23.3 Å². The molecule has 7 nitrogen and oxygen atoms in total. The van der Waals surface area contributed by atoms with Gasteiger partial charge in [0.2, 0.25) is 0 Å². The van der Waals surface area contributed by atoms with Crippen LogP contribution in [0.15, 0.2) is 53.6 Å². The highest BCUT2D eigenvalue weighted by atomic mass is 16.7. The predicted octanol–water partition coefficient (Wildman–Crippen LogP) is 5.26. The van der Waals surface area contributed by atoms with E-state index in [0.717, 1.165) is 12.0 Å². The van der Waals surface area contributed by atoms with Gasteiger partial charge in [-0.15, -0.1) is 0 Å². The second-order valence-corrected chi connectivity index (χ2v) is 12.5. The number of Topliss-reactive ketones (excluding diaryl/α,β-unsaturated/α-hetero) is 1. The zero-order chi connectivity index (χ0) is 27.0. The molecule has 7 atom stereocenters. The number of benzene rings is 1. The smallest absolute Gasteiger partial charge is 0.412 e. The number of carbonyl (C=O) groups excluding carboxylic acids is 2. The first-order valence-electron chi connectivity index (χ1n) is 13.2. The normalized spacial score (nSPS) is 39.8. The summed E-state index contributed by atoms with van der Waals surface area (Å²) in [5, 5.41) is 15.7. The largest absolute Gasteiger partial charge is 0.438 e. The molecule has 3 aliphatic carbocycles. The molecule has 0 aromatic heterocycles. The Morgan fingerprint density at radius 2 is 1.78 bits per heavy atom. The molecule has 0 radical (unpaired) electrons. The molecular formula is C30H39NO6. The fraction of sp³-hybridized carbons (Fsp3) is 0.600. The van der Waals surface area contributed by atoms with Gasteiger partial charge in [-0.1, -0.05) is 58.0 Å². The van der Waals surface area contributed by atoms with Crippen LogP contribution in [0.2, 0.25) is 0 Å². The molecule has 1 saturated heterocycles. The molecule has 7 heteroatoms. The summed E-state index contributed by atoms with van der Waals surface area (Å²) in [4.78, 5) is 27.8. The van der Waals surface area contributed by atoms with E-state index in [1.165, 1.54) is 0 Å². The van der Waals surface area contributed by atoms with E-state index in [1.807, 2.05) is 44.2 Å². The number of anilines is 1. The number of amides is 1. The molecule has 1 amide bonds. The van der Waals surface area contributed by atoms with Gasteiger partial charge in [0.1, 0.15) is 6.10 Å². The maximum absolute atomic E-state index is 14.7. The highest BCUT2D eigenvalue weighted by molar-refractivity contribution is 5.95. The maximum atomic E-state index is 14.7. The minimum Gasteiger partial charge on any atom is -0.438 e. The number of nitrogens with one attached hydrogen (secondary N) is 1.